The number of hydrogen-bond donors (Lipinski definition) is 0. The summed E-state index contributed by atoms with van der Waals surface area (Å²) in [5.41, 5.74) is 6.77. The lowest BCUT2D eigenvalue weighted by Gasteiger charge is -2.10. The van der Waals surface area contributed by atoms with Gasteiger partial charge in [-0.25, -0.2) is 19.9 Å². The van der Waals surface area contributed by atoms with Crippen molar-refractivity contribution in [3.05, 3.63) is 146 Å². The van der Waals surface area contributed by atoms with Crippen molar-refractivity contribution in [1.29, 1.82) is 0 Å². The minimum Gasteiger partial charge on any atom is -0.456 e. The second-order valence-corrected chi connectivity index (χ2v) is 11.9. The highest BCUT2D eigenvalue weighted by atomic mass is 16.4. The Morgan fingerprint density at radius 1 is 0.354 bits per heavy atom. The molecule has 224 valence electrons. The average molecular weight is 617 g/mol. The van der Waals surface area contributed by atoms with Crippen molar-refractivity contribution in [2.75, 3.05) is 0 Å². The Balaban J connectivity index is 1.16. The van der Waals surface area contributed by atoms with Crippen molar-refractivity contribution in [1.82, 2.24) is 19.9 Å². The first kappa shape index (κ1) is 26.5. The molecule has 0 spiro atoms. The van der Waals surface area contributed by atoms with Crippen LogP contribution in [0.25, 0.3) is 100 Å². The third-order valence-corrected chi connectivity index (χ3v) is 8.93. The van der Waals surface area contributed by atoms with Gasteiger partial charge >= 0.3 is 0 Å². The van der Waals surface area contributed by atoms with Crippen molar-refractivity contribution in [2.45, 2.75) is 0 Å². The van der Waals surface area contributed by atoms with Gasteiger partial charge in [0.1, 0.15) is 16.7 Å². The fraction of sp³-hybridized carbons (Fsp3) is 0. The fourth-order valence-corrected chi connectivity index (χ4v) is 6.60. The highest BCUT2D eigenvalue weighted by Crippen LogP contribution is 2.40. The van der Waals surface area contributed by atoms with E-state index in [9.17, 15) is 0 Å². The number of fused-ring (bicyclic) bond motifs is 8. The molecule has 3 heterocycles. The third kappa shape index (κ3) is 4.27. The molecule has 7 aromatic carbocycles. The molecule has 10 aromatic rings. The summed E-state index contributed by atoms with van der Waals surface area (Å²) in [6, 6.07) is 49.0. The molecule has 0 radical (unpaired) electrons. The topological polar surface area (TPSA) is 77.8 Å². The molecule has 0 saturated carbocycles. The second kappa shape index (κ2) is 10.4. The predicted octanol–water partition coefficient (Wildman–Crippen LogP) is 10.9. The number of benzene rings is 7. The van der Waals surface area contributed by atoms with E-state index in [1.807, 2.05) is 91.0 Å². The van der Waals surface area contributed by atoms with Gasteiger partial charge in [-0.05, 0) is 64.0 Å². The maximum absolute atomic E-state index is 6.34. The number of rotatable bonds is 4. The molecule has 0 saturated heterocycles. The van der Waals surface area contributed by atoms with Gasteiger partial charge in [0.05, 0.1) is 5.39 Å². The monoisotopic (exact) mass is 616 g/mol. The van der Waals surface area contributed by atoms with Crippen LogP contribution in [-0.4, -0.2) is 19.9 Å². The molecule has 0 N–H and O–H groups in total. The van der Waals surface area contributed by atoms with Gasteiger partial charge < -0.3 is 8.83 Å². The summed E-state index contributed by atoms with van der Waals surface area (Å²) in [6.07, 6.45) is 0. The molecular formula is C42H24N4O2. The normalized spacial score (nSPS) is 11.8. The van der Waals surface area contributed by atoms with Gasteiger partial charge in [0.15, 0.2) is 23.1 Å². The van der Waals surface area contributed by atoms with Crippen molar-refractivity contribution in [2.24, 2.45) is 0 Å². The minimum atomic E-state index is 0.584. The van der Waals surface area contributed by atoms with Crippen molar-refractivity contribution >= 4 is 54.6 Å². The first-order valence-corrected chi connectivity index (χ1v) is 15.8. The maximum atomic E-state index is 6.34. The number of furan rings is 1. The van der Waals surface area contributed by atoms with E-state index in [4.69, 9.17) is 28.8 Å². The van der Waals surface area contributed by atoms with Gasteiger partial charge in [0, 0.05) is 27.6 Å². The highest BCUT2D eigenvalue weighted by Gasteiger charge is 2.19. The van der Waals surface area contributed by atoms with Crippen LogP contribution < -0.4 is 0 Å². The smallest absolute Gasteiger partial charge is 0.227 e. The zero-order valence-corrected chi connectivity index (χ0v) is 25.5. The summed E-state index contributed by atoms with van der Waals surface area (Å²) >= 11 is 0. The Morgan fingerprint density at radius 2 is 0.917 bits per heavy atom. The SMILES string of the molecule is c1ccc(-c2nc(-c3ccc4ccccc4c3)nc(-c3ccc4c(ccc5oc6ccc7oc(-c8ccccc8)nc7c6c54)c3)n2)cc1. The lowest BCUT2D eigenvalue weighted by atomic mass is 10.0. The number of aromatic nitrogens is 4. The zero-order chi connectivity index (χ0) is 31.6. The number of hydrogen-bond acceptors (Lipinski definition) is 6. The highest BCUT2D eigenvalue weighted by molar-refractivity contribution is 6.25. The van der Waals surface area contributed by atoms with E-state index in [1.54, 1.807) is 0 Å². The number of oxazole rings is 1. The minimum absolute atomic E-state index is 0.584. The summed E-state index contributed by atoms with van der Waals surface area (Å²) in [7, 11) is 0. The molecule has 0 atom stereocenters. The molecule has 6 heteroatoms. The van der Waals surface area contributed by atoms with Crippen LogP contribution in [0.2, 0.25) is 0 Å². The lowest BCUT2D eigenvalue weighted by molar-refractivity contribution is 0.619. The van der Waals surface area contributed by atoms with E-state index < -0.39 is 0 Å². The van der Waals surface area contributed by atoms with E-state index in [-0.39, 0.29) is 0 Å². The summed E-state index contributed by atoms with van der Waals surface area (Å²) in [5, 5.41) is 6.35. The van der Waals surface area contributed by atoms with Crippen LogP contribution in [0.3, 0.4) is 0 Å². The largest absolute Gasteiger partial charge is 0.456 e. The molecule has 0 amide bonds. The summed E-state index contributed by atoms with van der Waals surface area (Å²) in [5.74, 6) is 2.45. The zero-order valence-electron chi connectivity index (χ0n) is 25.5. The van der Waals surface area contributed by atoms with Crippen molar-refractivity contribution in [3.8, 4) is 45.6 Å². The predicted molar refractivity (Wildman–Crippen MR) is 191 cm³/mol. The summed E-state index contributed by atoms with van der Waals surface area (Å²) < 4.78 is 12.6. The molecule has 48 heavy (non-hydrogen) atoms. The molecule has 10 rings (SSSR count). The molecule has 0 unspecified atom stereocenters. The Labute approximate surface area is 274 Å². The van der Waals surface area contributed by atoms with E-state index in [1.165, 1.54) is 5.39 Å². The van der Waals surface area contributed by atoms with Gasteiger partial charge in [0.25, 0.3) is 0 Å². The molecule has 0 aliphatic heterocycles. The van der Waals surface area contributed by atoms with E-state index >= 15 is 0 Å². The Kier molecular flexibility index (Phi) is 5.77. The molecule has 0 bridgehead atoms. The molecule has 0 aliphatic carbocycles. The van der Waals surface area contributed by atoms with Gasteiger partial charge in [-0.3, -0.25) is 0 Å². The summed E-state index contributed by atoms with van der Waals surface area (Å²) in [6.45, 7) is 0. The van der Waals surface area contributed by atoms with Crippen LogP contribution in [-0.2, 0) is 0 Å². The Hall–Kier alpha value is -6.66. The van der Waals surface area contributed by atoms with Crippen LogP contribution in [0.1, 0.15) is 0 Å². The van der Waals surface area contributed by atoms with E-state index in [2.05, 4.69) is 54.6 Å². The van der Waals surface area contributed by atoms with Gasteiger partial charge in [-0.2, -0.15) is 0 Å². The number of nitrogens with zero attached hydrogens (tertiary/aromatic N) is 4. The van der Waals surface area contributed by atoms with Gasteiger partial charge in [-0.15, -0.1) is 0 Å². The third-order valence-electron chi connectivity index (χ3n) is 8.93. The van der Waals surface area contributed by atoms with Crippen LogP contribution >= 0.6 is 0 Å². The summed E-state index contributed by atoms with van der Waals surface area (Å²) in [4.78, 5) is 19.9. The average Bonchev–Trinajstić information content (AvgIpc) is 3.77. The Morgan fingerprint density at radius 3 is 1.69 bits per heavy atom. The molecule has 0 fully saturated rings. The van der Waals surface area contributed by atoms with Crippen molar-refractivity contribution < 1.29 is 8.83 Å². The van der Waals surface area contributed by atoms with E-state index in [0.29, 0.717) is 23.4 Å². The van der Waals surface area contributed by atoms with Gasteiger partial charge in [0.2, 0.25) is 5.89 Å². The molecule has 3 aromatic heterocycles. The molecule has 0 aliphatic rings. The molecule has 6 nitrogen and oxygen atoms in total. The fourth-order valence-electron chi connectivity index (χ4n) is 6.60. The lowest BCUT2D eigenvalue weighted by Crippen LogP contribution is -2.00. The van der Waals surface area contributed by atoms with Crippen LogP contribution in [0, 0.1) is 0 Å². The van der Waals surface area contributed by atoms with E-state index in [0.717, 1.165) is 71.5 Å². The first-order valence-electron chi connectivity index (χ1n) is 15.8. The van der Waals surface area contributed by atoms with Gasteiger partial charge in [-0.1, -0.05) is 103 Å². The Bertz CT molecular complexity index is 2840. The van der Waals surface area contributed by atoms with Crippen molar-refractivity contribution in [3.63, 3.8) is 0 Å². The van der Waals surface area contributed by atoms with Crippen LogP contribution in [0.5, 0.6) is 0 Å². The standard InChI is InChI=1S/C42H24N4O2/c1-3-10-26(11-4-1)39-44-40(30-16-15-25-9-7-8-14-28(25)23-30)46-41(45-39)31-17-19-32-29(24-31)18-20-33-36(32)37-34(47-33)21-22-35-38(37)43-42(48-35)27-12-5-2-6-13-27/h1-24H. The second-order valence-electron chi connectivity index (χ2n) is 11.9. The maximum Gasteiger partial charge on any atom is 0.227 e. The quantitative estimate of drug-likeness (QED) is 0.196. The first-order chi connectivity index (χ1) is 23.7. The van der Waals surface area contributed by atoms with Crippen LogP contribution in [0.15, 0.2) is 154 Å². The van der Waals surface area contributed by atoms with Crippen LogP contribution in [0.4, 0.5) is 0 Å². The molecular weight excluding hydrogens is 592 g/mol.